The fraction of sp³-hybridized carbons (Fsp3) is 0.769. The van der Waals surface area contributed by atoms with Crippen LogP contribution in [0.1, 0.15) is 11.7 Å². The van der Waals surface area contributed by atoms with Crippen molar-refractivity contribution in [3.8, 4) is 0 Å². The first kappa shape index (κ1) is 14.5. The standard InChI is InChI=1S/C13H23N3O3/c1-12-10-14-13(19-12)11-16(4-7-17)3-2-15-5-8-18-9-6-15/h10,17H,2-9,11H2,1H3. The van der Waals surface area contributed by atoms with Gasteiger partial charge in [-0.2, -0.15) is 0 Å². The smallest absolute Gasteiger partial charge is 0.208 e. The number of aryl methyl sites for hydroxylation is 1. The van der Waals surface area contributed by atoms with E-state index in [9.17, 15) is 0 Å². The van der Waals surface area contributed by atoms with Gasteiger partial charge in [-0.25, -0.2) is 4.98 Å². The molecule has 1 aliphatic heterocycles. The molecule has 6 nitrogen and oxygen atoms in total. The van der Waals surface area contributed by atoms with Crippen molar-refractivity contribution in [2.75, 3.05) is 52.5 Å². The number of aliphatic hydroxyl groups excluding tert-OH is 1. The van der Waals surface area contributed by atoms with E-state index in [2.05, 4.69) is 14.8 Å². The molecular formula is C13H23N3O3. The topological polar surface area (TPSA) is 62.0 Å². The first-order valence-corrected chi connectivity index (χ1v) is 6.82. The molecule has 1 fully saturated rings. The van der Waals surface area contributed by atoms with E-state index in [1.165, 1.54) is 0 Å². The fourth-order valence-electron chi connectivity index (χ4n) is 2.18. The summed E-state index contributed by atoms with van der Waals surface area (Å²) in [6, 6.07) is 0. The Morgan fingerprint density at radius 3 is 2.79 bits per heavy atom. The zero-order valence-corrected chi connectivity index (χ0v) is 11.5. The lowest BCUT2D eigenvalue weighted by Gasteiger charge is -2.29. The van der Waals surface area contributed by atoms with Gasteiger partial charge < -0.3 is 14.3 Å². The molecular weight excluding hydrogens is 246 g/mol. The van der Waals surface area contributed by atoms with Crippen LogP contribution in [-0.4, -0.2) is 72.4 Å². The maximum absolute atomic E-state index is 9.13. The quantitative estimate of drug-likeness (QED) is 0.758. The van der Waals surface area contributed by atoms with Gasteiger partial charge >= 0.3 is 0 Å². The molecule has 0 unspecified atom stereocenters. The van der Waals surface area contributed by atoms with Gasteiger partial charge in [0, 0.05) is 32.7 Å². The molecule has 0 amide bonds. The molecule has 1 aliphatic rings. The van der Waals surface area contributed by atoms with Gasteiger partial charge in [-0.1, -0.05) is 0 Å². The largest absolute Gasteiger partial charge is 0.445 e. The van der Waals surface area contributed by atoms with E-state index in [4.69, 9.17) is 14.3 Å². The van der Waals surface area contributed by atoms with Gasteiger partial charge in [0.2, 0.25) is 5.89 Å². The van der Waals surface area contributed by atoms with Crippen molar-refractivity contribution in [2.45, 2.75) is 13.5 Å². The summed E-state index contributed by atoms with van der Waals surface area (Å²) in [5, 5.41) is 9.13. The molecule has 108 valence electrons. The lowest BCUT2D eigenvalue weighted by Crippen LogP contribution is -2.41. The van der Waals surface area contributed by atoms with Crippen LogP contribution in [0.3, 0.4) is 0 Å². The van der Waals surface area contributed by atoms with E-state index in [0.29, 0.717) is 19.0 Å². The van der Waals surface area contributed by atoms with Crippen LogP contribution in [0.25, 0.3) is 0 Å². The summed E-state index contributed by atoms with van der Waals surface area (Å²) < 4.78 is 10.8. The first-order valence-electron chi connectivity index (χ1n) is 6.82. The Hall–Kier alpha value is -0.950. The molecule has 1 N–H and O–H groups in total. The molecule has 0 bridgehead atoms. The summed E-state index contributed by atoms with van der Waals surface area (Å²) in [5.41, 5.74) is 0. The number of rotatable bonds is 7. The molecule has 2 rings (SSSR count). The Labute approximate surface area is 114 Å². The molecule has 0 atom stereocenters. The highest BCUT2D eigenvalue weighted by Crippen LogP contribution is 2.06. The Balaban J connectivity index is 1.78. The highest BCUT2D eigenvalue weighted by molar-refractivity contribution is 4.90. The SMILES string of the molecule is Cc1cnc(CN(CCO)CCN2CCOCC2)o1. The lowest BCUT2D eigenvalue weighted by molar-refractivity contribution is 0.0315. The average Bonchev–Trinajstić information content (AvgIpc) is 2.83. The van der Waals surface area contributed by atoms with E-state index in [1.807, 2.05) is 6.92 Å². The van der Waals surface area contributed by atoms with E-state index < -0.39 is 0 Å². The second-order valence-corrected chi connectivity index (χ2v) is 4.82. The maximum Gasteiger partial charge on any atom is 0.208 e. The van der Waals surface area contributed by atoms with Gasteiger partial charge in [-0.3, -0.25) is 9.80 Å². The molecule has 19 heavy (non-hydrogen) atoms. The summed E-state index contributed by atoms with van der Waals surface area (Å²) in [4.78, 5) is 8.76. The van der Waals surface area contributed by atoms with Crippen LogP contribution in [0.5, 0.6) is 0 Å². The molecule has 1 aromatic rings. The predicted octanol–water partition coefficient (Wildman–Crippen LogP) is 0.110. The van der Waals surface area contributed by atoms with Crippen LogP contribution in [0.4, 0.5) is 0 Å². The molecule has 2 heterocycles. The van der Waals surface area contributed by atoms with Crippen molar-refractivity contribution in [3.05, 3.63) is 17.8 Å². The number of aliphatic hydroxyl groups is 1. The summed E-state index contributed by atoms with van der Waals surface area (Å²) in [5.74, 6) is 1.54. The van der Waals surface area contributed by atoms with Crippen LogP contribution >= 0.6 is 0 Å². The Bertz CT molecular complexity index is 364. The molecule has 1 saturated heterocycles. The predicted molar refractivity (Wildman–Crippen MR) is 70.9 cm³/mol. The second-order valence-electron chi connectivity index (χ2n) is 4.82. The molecule has 0 radical (unpaired) electrons. The van der Waals surface area contributed by atoms with Crippen LogP contribution in [-0.2, 0) is 11.3 Å². The first-order chi connectivity index (χ1) is 9.28. The van der Waals surface area contributed by atoms with E-state index in [0.717, 1.165) is 45.2 Å². The minimum absolute atomic E-state index is 0.156. The number of ether oxygens (including phenoxy) is 1. The molecule has 0 aliphatic carbocycles. The summed E-state index contributed by atoms with van der Waals surface area (Å²) >= 11 is 0. The van der Waals surface area contributed by atoms with E-state index >= 15 is 0 Å². The zero-order valence-electron chi connectivity index (χ0n) is 11.5. The van der Waals surface area contributed by atoms with Gasteiger partial charge in [-0.05, 0) is 6.92 Å². The number of morpholine rings is 1. The van der Waals surface area contributed by atoms with Gasteiger partial charge in [0.15, 0.2) is 0 Å². The van der Waals surface area contributed by atoms with Crippen LogP contribution in [0.2, 0.25) is 0 Å². The van der Waals surface area contributed by atoms with Crippen molar-refractivity contribution >= 4 is 0 Å². The normalized spacial score (nSPS) is 17.2. The van der Waals surface area contributed by atoms with Gasteiger partial charge in [0.05, 0.1) is 32.6 Å². The molecule has 6 heteroatoms. The number of hydrogen-bond acceptors (Lipinski definition) is 6. The highest BCUT2D eigenvalue weighted by Gasteiger charge is 2.14. The Morgan fingerprint density at radius 2 is 2.16 bits per heavy atom. The van der Waals surface area contributed by atoms with E-state index in [-0.39, 0.29) is 6.61 Å². The second kappa shape index (κ2) is 7.59. The monoisotopic (exact) mass is 269 g/mol. The number of nitrogens with zero attached hydrogens (tertiary/aromatic N) is 3. The minimum Gasteiger partial charge on any atom is -0.445 e. The van der Waals surface area contributed by atoms with Crippen LogP contribution in [0, 0.1) is 6.92 Å². The number of aromatic nitrogens is 1. The lowest BCUT2D eigenvalue weighted by atomic mass is 10.3. The van der Waals surface area contributed by atoms with Crippen LogP contribution < -0.4 is 0 Å². The maximum atomic E-state index is 9.13. The van der Waals surface area contributed by atoms with Crippen molar-refractivity contribution < 1.29 is 14.3 Å². The molecule has 0 saturated carbocycles. The van der Waals surface area contributed by atoms with Gasteiger partial charge in [-0.15, -0.1) is 0 Å². The fourth-order valence-corrected chi connectivity index (χ4v) is 2.18. The van der Waals surface area contributed by atoms with Gasteiger partial charge in [0.25, 0.3) is 0 Å². The van der Waals surface area contributed by atoms with Crippen molar-refractivity contribution in [1.29, 1.82) is 0 Å². The number of hydrogen-bond donors (Lipinski definition) is 1. The summed E-state index contributed by atoms with van der Waals surface area (Å²) in [7, 11) is 0. The summed E-state index contributed by atoms with van der Waals surface area (Å²) in [6.45, 7) is 8.85. The molecule has 1 aromatic heterocycles. The highest BCUT2D eigenvalue weighted by atomic mass is 16.5. The Morgan fingerprint density at radius 1 is 1.37 bits per heavy atom. The third-order valence-electron chi connectivity index (χ3n) is 3.28. The number of oxazole rings is 1. The average molecular weight is 269 g/mol. The minimum atomic E-state index is 0.156. The van der Waals surface area contributed by atoms with Crippen LogP contribution in [0.15, 0.2) is 10.6 Å². The third-order valence-corrected chi connectivity index (χ3v) is 3.28. The zero-order chi connectivity index (χ0) is 13.5. The summed E-state index contributed by atoms with van der Waals surface area (Å²) in [6.07, 6.45) is 1.73. The van der Waals surface area contributed by atoms with Crippen molar-refractivity contribution in [1.82, 2.24) is 14.8 Å². The molecule has 0 spiro atoms. The third kappa shape index (κ3) is 4.91. The van der Waals surface area contributed by atoms with Crippen molar-refractivity contribution in [3.63, 3.8) is 0 Å². The van der Waals surface area contributed by atoms with Gasteiger partial charge in [0.1, 0.15) is 5.76 Å². The van der Waals surface area contributed by atoms with Crippen molar-refractivity contribution in [2.24, 2.45) is 0 Å². The molecule has 0 aromatic carbocycles. The van der Waals surface area contributed by atoms with E-state index in [1.54, 1.807) is 6.20 Å². The Kier molecular flexibility index (Phi) is 5.78.